The van der Waals surface area contributed by atoms with Crippen LogP contribution in [0.1, 0.15) is 75.6 Å². The molecule has 1 amide bonds. The minimum absolute atomic E-state index is 0.0657. The highest BCUT2D eigenvalue weighted by atomic mass is 32.2. The lowest BCUT2D eigenvalue weighted by Gasteiger charge is -2.34. The van der Waals surface area contributed by atoms with Crippen molar-refractivity contribution < 1.29 is 13.2 Å². The lowest BCUT2D eigenvalue weighted by Crippen LogP contribution is -2.32. The van der Waals surface area contributed by atoms with E-state index in [1.807, 2.05) is 0 Å². The first-order valence-corrected chi connectivity index (χ1v) is 15.0. The van der Waals surface area contributed by atoms with Crippen molar-refractivity contribution in [2.45, 2.75) is 77.3 Å². The maximum atomic E-state index is 12.6. The molecule has 34 heavy (non-hydrogen) atoms. The summed E-state index contributed by atoms with van der Waals surface area (Å²) in [4.78, 5) is 21.7. The van der Waals surface area contributed by atoms with E-state index in [1.54, 1.807) is 42.5 Å². The van der Waals surface area contributed by atoms with Crippen LogP contribution < -0.4 is 5.32 Å². The van der Waals surface area contributed by atoms with Crippen molar-refractivity contribution in [1.29, 1.82) is 0 Å². The van der Waals surface area contributed by atoms with E-state index in [-0.39, 0.29) is 18.1 Å². The molecule has 186 valence electrons. The van der Waals surface area contributed by atoms with Gasteiger partial charge in [0.05, 0.1) is 28.8 Å². The number of benzene rings is 1. The van der Waals surface area contributed by atoms with E-state index in [0.29, 0.717) is 22.0 Å². The third kappa shape index (κ3) is 5.71. The summed E-state index contributed by atoms with van der Waals surface area (Å²) in [6.07, 6.45) is 5.54. The van der Waals surface area contributed by atoms with Crippen molar-refractivity contribution in [2.75, 3.05) is 17.6 Å². The van der Waals surface area contributed by atoms with Crippen molar-refractivity contribution in [2.24, 2.45) is 17.8 Å². The van der Waals surface area contributed by atoms with Crippen LogP contribution in [0, 0.1) is 17.8 Å². The Morgan fingerprint density at radius 2 is 1.85 bits per heavy atom. The molecule has 4 rings (SSSR count). The second-order valence-corrected chi connectivity index (χ2v) is 13.7. The number of nitrogens with zero attached hydrogens (tertiary/aromatic N) is 2. The largest absolute Gasteiger partial charge is 0.302 e. The monoisotopic (exact) mass is 503 g/mol. The fourth-order valence-corrected chi connectivity index (χ4v) is 7.23. The van der Waals surface area contributed by atoms with Crippen LogP contribution >= 0.6 is 11.3 Å². The van der Waals surface area contributed by atoms with Crippen LogP contribution in [0.5, 0.6) is 0 Å². The summed E-state index contributed by atoms with van der Waals surface area (Å²) in [7, 11) is -3.23. The van der Waals surface area contributed by atoms with Gasteiger partial charge in [-0.15, -0.1) is 11.3 Å². The molecular weight excluding hydrogens is 466 g/mol. The molecule has 0 saturated heterocycles. The number of fused-ring (bicyclic) bond motifs is 1. The Kier molecular flexibility index (Phi) is 7.79. The molecule has 2 aliphatic rings. The van der Waals surface area contributed by atoms with Crippen LogP contribution in [0.15, 0.2) is 29.2 Å². The van der Waals surface area contributed by atoms with Gasteiger partial charge in [-0.3, -0.25) is 9.69 Å². The number of carbonyl (C=O) groups is 1. The zero-order valence-corrected chi connectivity index (χ0v) is 22.3. The van der Waals surface area contributed by atoms with E-state index in [9.17, 15) is 13.2 Å². The molecule has 0 bridgehead atoms. The highest BCUT2D eigenvalue weighted by Gasteiger charge is 2.37. The predicted molar refractivity (Wildman–Crippen MR) is 138 cm³/mol. The van der Waals surface area contributed by atoms with Gasteiger partial charge >= 0.3 is 0 Å². The third-order valence-electron chi connectivity index (χ3n) is 7.28. The van der Waals surface area contributed by atoms with E-state index in [1.165, 1.54) is 30.6 Å². The summed E-state index contributed by atoms with van der Waals surface area (Å²) in [6, 6.07) is 6.89. The normalized spacial score (nSPS) is 23.3. The molecule has 2 heterocycles. The Morgan fingerprint density at radius 1 is 1.18 bits per heavy atom. The first-order chi connectivity index (χ1) is 16.2. The van der Waals surface area contributed by atoms with E-state index >= 15 is 0 Å². The Balaban J connectivity index is 1.37. The fourth-order valence-electron chi connectivity index (χ4n) is 5.31. The fraction of sp³-hybridized carbons (Fsp3) is 0.615. The highest BCUT2D eigenvalue weighted by Crippen LogP contribution is 2.43. The standard InChI is InChI=1S/C26H37N3O3S2/c1-5-34(31,32)21-12-10-19(11-13-21)14-23(30)27-26-28-24-22(33-26)16-29(25(24)17(2)3)15-20-8-6-18(4)7-9-20/h10-13,17-18,20,25H,5-9,14-16H2,1-4H3,(H,27,28,30)/t18-,20-,25-/m0/s1. The van der Waals surface area contributed by atoms with Gasteiger partial charge in [-0.1, -0.05) is 52.7 Å². The molecule has 1 aliphatic heterocycles. The number of aromatic nitrogens is 1. The SMILES string of the molecule is CCS(=O)(=O)c1ccc(CC(=O)Nc2nc3c(s2)CN(C[C@H]2CC[C@H](C)CC2)[C@H]3C(C)C)cc1. The number of carbonyl (C=O) groups excluding carboxylic acids is 1. The highest BCUT2D eigenvalue weighted by molar-refractivity contribution is 7.91. The number of rotatable bonds is 8. The van der Waals surface area contributed by atoms with E-state index in [2.05, 4.69) is 31.0 Å². The lowest BCUT2D eigenvalue weighted by molar-refractivity contribution is -0.115. The number of hydrogen-bond donors (Lipinski definition) is 1. The predicted octanol–water partition coefficient (Wildman–Crippen LogP) is 5.46. The van der Waals surface area contributed by atoms with Crippen molar-refractivity contribution in [1.82, 2.24) is 9.88 Å². The molecule has 8 heteroatoms. The summed E-state index contributed by atoms with van der Waals surface area (Å²) in [5.41, 5.74) is 1.92. The molecule has 1 N–H and O–H groups in total. The molecule has 1 aromatic heterocycles. The van der Waals surface area contributed by atoms with E-state index < -0.39 is 9.84 Å². The molecule has 0 unspecified atom stereocenters. The second-order valence-electron chi connectivity index (χ2n) is 10.3. The summed E-state index contributed by atoms with van der Waals surface area (Å²) in [5, 5.41) is 3.63. The van der Waals surface area contributed by atoms with Gasteiger partial charge in [0.15, 0.2) is 15.0 Å². The van der Waals surface area contributed by atoms with E-state index in [4.69, 9.17) is 4.98 Å². The van der Waals surface area contributed by atoms with Crippen LogP contribution in [-0.2, 0) is 27.6 Å². The van der Waals surface area contributed by atoms with Gasteiger partial charge in [0, 0.05) is 18.0 Å². The van der Waals surface area contributed by atoms with Gasteiger partial charge in [0.2, 0.25) is 5.91 Å². The Morgan fingerprint density at radius 3 is 2.47 bits per heavy atom. The molecule has 1 atom stereocenters. The van der Waals surface area contributed by atoms with Crippen LogP contribution in [0.3, 0.4) is 0 Å². The molecule has 0 spiro atoms. The van der Waals surface area contributed by atoms with E-state index in [0.717, 1.165) is 36.2 Å². The average Bonchev–Trinajstić information content (AvgIpc) is 3.31. The van der Waals surface area contributed by atoms with Gasteiger partial charge < -0.3 is 5.32 Å². The Labute approximate surface area is 208 Å². The van der Waals surface area contributed by atoms with Gasteiger partial charge in [0.1, 0.15) is 0 Å². The van der Waals surface area contributed by atoms with Gasteiger partial charge in [-0.25, -0.2) is 13.4 Å². The van der Waals surface area contributed by atoms with Gasteiger partial charge in [-0.05, 0) is 48.3 Å². The van der Waals surface area contributed by atoms with Crippen molar-refractivity contribution >= 4 is 32.2 Å². The molecular formula is C26H37N3O3S2. The van der Waals surface area contributed by atoms with Crippen molar-refractivity contribution in [3.63, 3.8) is 0 Å². The summed E-state index contributed by atoms with van der Waals surface area (Å²) in [5.74, 6) is 2.05. The lowest BCUT2D eigenvalue weighted by atomic mass is 9.82. The molecule has 1 aromatic carbocycles. The molecule has 6 nitrogen and oxygen atoms in total. The number of nitrogens with one attached hydrogen (secondary N) is 1. The second kappa shape index (κ2) is 10.5. The Bertz CT molecular complexity index is 1100. The van der Waals surface area contributed by atoms with Crippen molar-refractivity contribution in [3.8, 4) is 0 Å². The number of hydrogen-bond acceptors (Lipinski definition) is 6. The minimum atomic E-state index is -3.23. The zero-order chi connectivity index (χ0) is 24.5. The van der Waals surface area contributed by atoms with Crippen LogP contribution in [0.4, 0.5) is 5.13 Å². The Hall–Kier alpha value is -1.77. The first-order valence-electron chi connectivity index (χ1n) is 12.5. The zero-order valence-electron chi connectivity index (χ0n) is 20.7. The molecule has 0 radical (unpaired) electrons. The smallest absolute Gasteiger partial charge is 0.230 e. The molecule has 1 saturated carbocycles. The summed E-state index contributed by atoms with van der Waals surface area (Å²) in [6.45, 7) is 10.6. The molecule has 2 aromatic rings. The topological polar surface area (TPSA) is 79.4 Å². The van der Waals surface area contributed by atoms with Crippen LogP contribution in [0.2, 0.25) is 0 Å². The molecule has 1 aliphatic carbocycles. The third-order valence-corrected chi connectivity index (χ3v) is 10.0. The maximum absolute atomic E-state index is 12.6. The van der Waals surface area contributed by atoms with Crippen LogP contribution in [0.25, 0.3) is 0 Å². The van der Waals surface area contributed by atoms with Gasteiger partial charge in [0.25, 0.3) is 0 Å². The van der Waals surface area contributed by atoms with Crippen molar-refractivity contribution in [3.05, 3.63) is 40.4 Å². The quantitative estimate of drug-likeness (QED) is 0.518. The number of amides is 1. The average molecular weight is 504 g/mol. The molecule has 1 fully saturated rings. The summed E-state index contributed by atoms with van der Waals surface area (Å²) < 4.78 is 24.0. The van der Waals surface area contributed by atoms with Crippen LogP contribution in [-0.4, -0.2) is 36.5 Å². The maximum Gasteiger partial charge on any atom is 0.230 e. The summed E-state index contributed by atoms with van der Waals surface area (Å²) >= 11 is 1.59. The number of sulfone groups is 1. The van der Waals surface area contributed by atoms with Gasteiger partial charge in [-0.2, -0.15) is 0 Å². The number of thiazole rings is 1. The number of anilines is 1. The first kappa shape index (κ1) is 25.3. The minimum Gasteiger partial charge on any atom is -0.302 e.